The van der Waals surface area contributed by atoms with E-state index in [4.69, 9.17) is 0 Å². The molecule has 0 atom stereocenters. The molecule has 1 aliphatic heterocycles. The van der Waals surface area contributed by atoms with Crippen LogP contribution in [-0.4, -0.2) is 42.0 Å². The summed E-state index contributed by atoms with van der Waals surface area (Å²) in [5, 5.41) is 4.07. The largest absolute Gasteiger partial charge is 0.349 e. The number of aromatic nitrogens is 1. The average Bonchev–Trinajstić information content (AvgIpc) is 2.49. The van der Waals surface area contributed by atoms with Gasteiger partial charge in [0.2, 0.25) is 0 Å². The van der Waals surface area contributed by atoms with Gasteiger partial charge in [-0.05, 0) is 51.2 Å². The van der Waals surface area contributed by atoms with Crippen molar-refractivity contribution in [2.24, 2.45) is 0 Å². The number of likely N-dealkylation sites (tertiary alicyclic amines) is 1. The number of pyridine rings is 1. The van der Waals surface area contributed by atoms with Crippen molar-refractivity contribution in [3.8, 4) is 0 Å². The minimum Gasteiger partial charge on any atom is -0.349 e. The van der Waals surface area contributed by atoms with E-state index in [1.165, 1.54) is 0 Å². The Morgan fingerprint density at radius 1 is 1.25 bits per heavy atom. The first-order valence-corrected chi connectivity index (χ1v) is 7.07. The summed E-state index contributed by atoms with van der Waals surface area (Å²) in [6.45, 7) is 2.09. The Kier molecular flexibility index (Phi) is 3.65. The van der Waals surface area contributed by atoms with Gasteiger partial charge in [-0.1, -0.05) is 12.1 Å². The molecule has 1 aliphatic rings. The number of fused-ring (bicyclic) bond motifs is 1. The van der Waals surface area contributed by atoms with Gasteiger partial charge < -0.3 is 10.2 Å². The number of nitrogens with zero attached hydrogens (tertiary/aromatic N) is 2. The Morgan fingerprint density at radius 3 is 2.85 bits per heavy atom. The van der Waals surface area contributed by atoms with Crippen LogP contribution < -0.4 is 5.32 Å². The van der Waals surface area contributed by atoms with Crippen molar-refractivity contribution in [1.29, 1.82) is 0 Å². The molecule has 1 fully saturated rings. The fourth-order valence-electron chi connectivity index (χ4n) is 2.72. The maximum absolute atomic E-state index is 12.5. The van der Waals surface area contributed by atoms with Gasteiger partial charge in [-0.3, -0.25) is 9.78 Å². The monoisotopic (exact) mass is 269 g/mol. The molecule has 1 aromatic heterocycles. The lowest BCUT2D eigenvalue weighted by molar-refractivity contribution is 0.0918. The summed E-state index contributed by atoms with van der Waals surface area (Å²) < 4.78 is 0. The number of carbonyl (C=O) groups is 1. The maximum Gasteiger partial charge on any atom is 0.252 e. The van der Waals surface area contributed by atoms with Crippen LogP contribution in [0.4, 0.5) is 0 Å². The highest BCUT2D eigenvalue weighted by Gasteiger charge is 2.19. The molecule has 0 saturated carbocycles. The molecule has 1 N–H and O–H groups in total. The minimum atomic E-state index is 0.0122. The van der Waals surface area contributed by atoms with Crippen molar-refractivity contribution < 1.29 is 4.79 Å². The molecular formula is C16H19N3O. The summed E-state index contributed by atoms with van der Waals surface area (Å²) in [6, 6.07) is 9.79. The van der Waals surface area contributed by atoms with Crippen LogP contribution in [0.3, 0.4) is 0 Å². The van der Waals surface area contributed by atoms with Crippen LogP contribution in [0, 0.1) is 0 Å². The third kappa shape index (κ3) is 2.65. The van der Waals surface area contributed by atoms with E-state index in [9.17, 15) is 4.79 Å². The van der Waals surface area contributed by atoms with Gasteiger partial charge in [0.05, 0.1) is 5.52 Å². The summed E-state index contributed by atoms with van der Waals surface area (Å²) in [5.41, 5.74) is 1.58. The molecule has 0 spiro atoms. The molecule has 104 valence electrons. The summed E-state index contributed by atoms with van der Waals surface area (Å²) in [7, 11) is 2.12. The predicted molar refractivity (Wildman–Crippen MR) is 79.7 cm³/mol. The Hall–Kier alpha value is -1.94. The topological polar surface area (TPSA) is 45.2 Å². The molecule has 1 amide bonds. The lowest BCUT2D eigenvalue weighted by Crippen LogP contribution is -2.43. The van der Waals surface area contributed by atoms with E-state index in [-0.39, 0.29) is 11.9 Å². The summed E-state index contributed by atoms with van der Waals surface area (Å²) in [6.07, 6.45) is 3.79. The van der Waals surface area contributed by atoms with E-state index in [1.807, 2.05) is 30.3 Å². The van der Waals surface area contributed by atoms with Crippen molar-refractivity contribution >= 4 is 16.8 Å². The Labute approximate surface area is 118 Å². The van der Waals surface area contributed by atoms with Crippen molar-refractivity contribution in [3.05, 3.63) is 42.1 Å². The van der Waals surface area contributed by atoms with Crippen LogP contribution in [0.15, 0.2) is 36.5 Å². The maximum atomic E-state index is 12.5. The molecule has 0 radical (unpaired) electrons. The zero-order valence-electron chi connectivity index (χ0n) is 11.7. The smallest absolute Gasteiger partial charge is 0.252 e. The van der Waals surface area contributed by atoms with E-state index < -0.39 is 0 Å². The van der Waals surface area contributed by atoms with Crippen LogP contribution in [-0.2, 0) is 0 Å². The zero-order valence-corrected chi connectivity index (χ0v) is 11.7. The molecule has 1 saturated heterocycles. The number of amides is 1. The fraction of sp³-hybridized carbons (Fsp3) is 0.375. The van der Waals surface area contributed by atoms with Crippen LogP contribution in [0.1, 0.15) is 23.2 Å². The first-order valence-electron chi connectivity index (χ1n) is 7.07. The van der Waals surface area contributed by atoms with Gasteiger partial charge >= 0.3 is 0 Å². The molecule has 0 unspecified atom stereocenters. The molecule has 2 aromatic rings. The van der Waals surface area contributed by atoms with Crippen molar-refractivity contribution in [2.45, 2.75) is 18.9 Å². The third-order valence-corrected chi connectivity index (χ3v) is 3.94. The predicted octanol–water partition coefficient (Wildman–Crippen LogP) is 2.06. The Balaban J connectivity index is 1.79. The number of nitrogens with one attached hydrogen (secondary N) is 1. The highest BCUT2D eigenvalue weighted by atomic mass is 16.1. The zero-order chi connectivity index (χ0) is 13.9. The molecule has 0 aliphatic carbocycles. The lowest BCUT2D eigenvalue weighted by Gasteiger charge is -2.29. The molecule has 0 bridgehead atoms. The minimum absolute atomic E-state index is 0.0122. The third-order valence-electron chi connectivity index (χ3n) is 3.94. The highest BCUT2D eigenvalue weighted by Crippen LogP contribution is 2.17. The van der Waals surface area contributed by atoms with E-state index in [0.717, 1.165) is 42.4 Å². The van der Waals surface area contributed by atoms with Crippen LogP contribution in [0.25, 0.3) is 10.9 Å². The fourth-order valence-corrected chi connectivity index (χ4v) is 2.72. The van der Waals surface area contributed by atoms with Crippen LogP contribution in [0.2, 0.25) is 0 Å². The lowest BCUT2D eigenvalue weighted by atomic mass is 10.0. The van der Waals surface area contributed by atoms with Gasteiger partial charge in [0.1, 0.15) is 0 Å². The summed E-state index contributed by atoms with van der Waals surface area (Å²) in [5.74, 6) is 0.0122. The molecule has 2 heterocycles. The first-order chi connectivity index (χ1) is 9.74. The second-order valence-corrected chi connectivity index (χ2v) is 5.43. The van der Waals surface area contributed by atoms with Gasteiger partial charge in [0.25, 0.3) is 5.91 Å². The van der Waals surface area contributed by atoms with E-state index >= 15 is 0 Å². The second-order valence-electron chi connectivity index (χ2n) is 5.43. The van der Waals surface area contributed by atoms with E-state index in [2.05, 4.69) is 22.2 Å². The second kappa shape index (κ2) is 5.59. The SMILES string of the molecule is CN1CCC(NC(=O)c2cccc3ncccc23)CC1. The summed E-state index contributed by atoms with van der Waals surface area (Å²) in [4.78, 5) is 19.0. The number of hydrogen-bond donors (Lipinski definition) is 1. The molecular weight excluding hydrogens is 250 g/mol. The van der Waals surface area contributed by atoms with Gasteiger partial charge in [-0.2, -0.15) is 0 Å². The highest BCUT2D eigenvalue weighted by molar-refractivity contribution is 6.06. The first kappa shape index (κ1) is 13.1. The number of hydrogen-bond acceptors (Lipinski definition) is 3. The van der Waals surface area contributed by atoms with Crippen LogP contribution in [0.5, 0.6) is 0 Å². The number of piperidine rings is 1. The van der Waals surface area contributed by atoms with E-state index in [0.29, 0.717) is 0 Å². The molecule has 4 heteroatoms. The molecule has 4 nitrogen and oxygen atoms in total. The van der Waals surface area contributed by atoms with Crippen molar-refractivity contribution in [2.75, 3.05) is 20.1 Å². The van der Waals surface area contributed by atoms with Crippen molar-refractivity contribution in [1.82, 2.24) is 15.2 Å². The molecule has 3 rings (SSSR count). The van der Waals surface area contributed by atoms with Crippen LogP contribution >= 0.6 is 0 Å². The Morgan fingerprint density at radius 2 is 2.05 bits per heavy atom. The average molecular weight is 269 g/mol. The quantitative estimate of drug-likeness (QED) is 0.907. The van der Waals surface area contributed by atoms with Gasteiger partial charge in [-0.25, -0.2) is 0 Å². The molecule has 20 heavy (non-hydrogen) atoms. The number of carbonyl (C=O) groups excluding carboxylic acids is 1. The van der Waals surface area contributed by atoms with Gasteiger partial charge in [0, 0.05) is 23.2 Å². The number of benzene rings is 1. The summed E-state index contributed by atoms with van der Waals surface area (Å²) >= 11 is 0. The standard InChI is InChI=1S/C16H19N3O/c1-19-10-7-12(8-11-19)18-16(20)14-4-2-6-15-13(14)5-3-9-17-15/h2-6,9,12H,7-8,10-11H2,1H3,(H,18,20). The molecule has 1 aromatic carbocycles. The normalized spacial score (nSPS) is 17.2. The Bertz CT molecular complexity index is 613. The number of rotatable bonds is 2. The van der Waals surface area contributed by atoms with Gasteiger partial charge in [-0.15, -0.1) is 0 Å². The van der Waals surface area contributed by atoms with Crippen molar-refractivity contribution in [3.63, 3.8) is 0 Å². The van der Waals surface area contributed by atoms with Gasteiger partial charge in [0.15, 0.2) is 0 Å². The van der Waals surface area contributed by atoms with E-state index in [1.54, 1.807) is 6.20 Å².